The maximum atomic E-state index is 5.25. The number of rotatable bonds is 3. The number of nitrogens with one attached hydrogen (secondary N) is 1. The Morgan fingerprint density at radius 2 is 2.36 bits per heavy atom. The molecule has 0 unspecified atom stereocenters. The van der Waals surface area contributed by atoms with Crippen molar-refractivity contribution in [3.05, 3.63) is 6.20 Å². The fourth-order valence-corrected chi connectivity index (χ4v) is 1.38. The third kappa shape index (κ3) is 1.95. The molecule has 1 aromatic rings. The van der Waals surface area contributed by atoms with Crippen LogP contribution in [0, 0.1) is 0 Å². The molecule has 1 aromatic heterocycles. The molecule has 0 aliphatic carbocycles. The standard InChI is InChI=1S/C8H15N4O2/c1-2-9-8-7-12(10-14-8)11-3-5-13-6-4-11/h7,9H,2-6H2,1H3/q+1. The molecule has 2 heterocycles. The number of hydrogen-bond acceptors (Lipinski definition) is 5. The van der Waals surface area contributed by atoms with Gasteiger partial charge in [-0.05, 0) is 6.92 Å². The lowest BCUT2D eigenvalue weighted by molar-refractivity contribution is -0.759. The van der Waals surface area contributed by atoms with Gasteiger partial charge in [-0.15, -0.1) is 5.01 Å². The lowest BCUT2D eigenvalue weighted by Gasteiger charge is -2.18. The van der Waals surface area contributed by atoms with Gasteiger partial charge in [0.05, 0.1) is 31.1 Å². The first-order valence-corrected chi connectivity index (χ1v) is 4.85. The van der Waals surface area contributed by atoms with E-state index in [-0.39, 0.29) is 0 Å². The van der Waals surface area contributed by atoms with Gasteiger partial charge in [0.1, 0.15) is 0 Å². The lowest BCUT2D eigenvalue weighted by atomic mass is 10.5. The molecule has 0 bridgehead atoms. The molecule has 78 valence electrons. The number of ether oxygens (including phenoxy) is 1. The molecule has 0 radical (unpaired) electrons. The van der Waals surface area contributed by atoms with Crippen LogP contribution in [0.3, 0.4) is 0 Å². The Bertz CT molecular complexity index is 283. The van der Waals surface area contributed by atoms with Gasteiger partial charge in [-0.25, -0.2) is 0 Å². The highest BCUT2D eigenvalue weighted by Gasteiger charge is 2.22. The van der Waals surface area contributed by atoms with E-state index in [1.807, 2.05) is 13.1 Å². The third-order valence-electron chi connectivity index (χ3n) is 2.08. The van der Waals surface area contributed by atoms with Crippen LogP contribution in [0.1, 0.15) is 6.92 Å². The number of aromatic nitrogens is 2. The van der Waals surface area contributed by atoms with Crippen molar-refractivity contribution in [1.29, 1.82) is 0 Å². The number of anilines is 1. The minimum atomic E-state index is 0.694. The zero-order valence-electron chi connectivity index (χ0n) is 8.27. The van der Waals surface area contributed by atoms with Gasteiger partial charge in [0.2, 0.25) is 5.27 Å². The smallest absolute Gasteiger partial charge is 0.299 e. The molecule has 0 aromatic carbocycles. The summed E-state index contributed by atoms with van der Waals surface area (Å²) in [5.74, 6) is 0.694. The molecule has 0 saturated carbocycles. The van der Waals surface area contributed by atoms with Crippen molar-refractivity contribution in [2.24, 2.45) is 0 Å². The van der Waals surface area contributed by atoms with E-state index in [1.54, 1.807) is 4.79 Å². The van der Waals surface area contributed by atoms with Gasteiger partial charge in [-0.3, -0.25) is 4.52 Å². The highest BCUT2D eigenvalue weighted by Crippen LogP contribution is 1.99. The van der Waals surface area contributed by atoms with Crippen LogP contribution < -0.4 is 15.1 Å². The van der Waals surface area contributed by atoms with Gasteiger partial charge >= 0.3 is 0 Å². The second-order valence-electron chi connectivity index (χ2n) is 3.08. The average molecular weight is 199 g/mol. The molecule has 1 saturated heterocycles. The minimum Gasteiger partial charge on any atom is -0.377 e. The number of morpholine rings is 1. The van der Waals surface area contributed by atoms with E-state index >= 15 is 0 Å². The van der Waals surface area contributed by atoms with Gasteiger partial charge in [0.25, 0.3) is 12.1 Å². The molecule has 1 aliphatic rings. The maximum absolute atomic E-state index is 5.25. The van der Waals surface area contributed by atoms with Crippen molar-refractivity contribution in [2.45, 2.75) is 6.92 Å². The average Bonchev–Trinajstić information content (AvgIpc) is 2.68. The first-order valence-electron chi connectivity index (χ1n) is 4.85. The second kappa shape index (κ2) is 4.28. The molecular weight excluding hydrogens is 184 g/mol. The Kier molecular flexibility index (Phi) is 2.83. The van der Waals surface area contributed by atoms with Gasteiger partial charge < -0.3 is 10.1 Å². The lowest BCUT2D eigenvalue weighted by Crippen LogP contribution is -2.62. The summed E-state index contributed by atoms with van der Waals surface area (Å²) in [5.41, 5.74) is 0. The van der Waals surface area contributed by atoms with Crippen LogP contribution in [0.2, 0.25) is 0 Å². The molecule has 0 spiro atoms. The second-order valence-corrected chi connectivity index (χ2v) is 3.08. The van der Waals surface area contributed by atoms with Gasteiger partial charge in [-0.1, -0.05) is 0 Å². The molecule has 2 rings (SSSR count). The van der Waals surface area contributed by atoms with E-state index in [2.05, 4.69) is 15.6 Å². The third-order valence-corrected chi connectivity index (χ3v) is 2.08. The first-order chi connectivity index (χ1) is 6.90. The van der Waals surface area contributed by atoms with Crippen molar-refractivity contribution in [3.8, 4) is 0 Å². The van der Waals surface area contributed by atoms with E-state index < -0.39 is 0 Å². The zero-order chi connectivity index (χ0) is 9.80. The largest absolute Gasteiger partial charge is 0.377 e. The molecule has 1 fully saturated rings. The Morgan fingerprint density at radius 1 is 1.57 bits per heavy atom. The molecule has 6 heteroatoms. The van der Waals surface area contributed by atoms with Crippen molar-refractivity contribution in [2.75, 3.05) is 43.2 Å². The molecule has 0 amide bonds. The van der Waals surface area contributed by atoms with Crippen LogP contribution in [-0.2, 0) is 4.74 Å². The van der Waals surface area contributed by atoms with E-state index in [1.165, 1.54) is 0 Å². The molecule has 1 N–H and O–H groups in total. The Morgan fingerprint density at radius 3 is 3.07 bits per heavy atom. The molecular formula is C8H15N4O2+. The van der Waals surface area contributed by atoms with Crippen molar-refractivity contribution in [3.63, 3.8) is 0 Å². The van der Waals surface area contributed by atoms with Crippen LogP contribution in [0.5, 0.6) is 0 Å². The summed E-state index contributed by atoms with van der Waals surface area (Å²) in [6, 6.07) is 0. The monoisotopic (exact) mass is 199 g/mol. The number of hydrogen-bond donors (Lipinski definition) is 1. The van der Waals surface area contributed by atoms with Gasteiger partial charge in [0.15, 0.2) is 0 Å². The fourth-order valence-electron chi connectivity index (χ4n) is 1.38. The SMILES string of the molecule is CCNc1c[n+](N2CCOCC2)no1. The van der Waals surface area contributed by atoms with Crippen LogP contribution in [0.15, 0.2) is 10.7 Å². The van der Waals surface area contributed by atoms with E-state index in [4.69, 9.17) is 9.26 Å². The van der Waals surface area contributed by atoms with E-state index in [0.29, 0.717) is 5.88 Å². The van der Waals surface area contributed by atoms with Gasteiger partial charge in [-0.2, -0.15) is 0 Å². The highest BCUT2D eigenvalue weighted by atomic mass is 16.5. The Labute approximate surface area is 82.4 Å². The molecule has 6 nitrogen and oxygen atoms in total. The van der Waals surface area contributed by atoms with Crippen molar-refractivity contribution in [1.82, 2.24) is 5.27 Å². The predicted molar refractivity (Wildman–Crippen MR) is 49.6 cm³/mol. The molecule has 14 heavy (non-hydrogen) atoms. The van der Waals surface area contributed by atoms with Crippen LogP contribution in [-0.4, -0.2) is 38.1 Å². The normalized spacial score (nSPS) is 17.1. The van der Waals surface area contributed by atoms with E-state index in [9.17, 15) is 0 Å². The van der Waals surface area contributed by atoms with E-state index in [0.717, 1.165) is 32.8 Å². The quantitative estimate of drug-likeness (QED) is 0.656. The van der Waals surface area contributed by atoms with Crippen molar-refractivity contribution >= 4 is 5.88 Å². The predicted octanol–water partition coefficient (Wildman–Crippen LogP) is -0.638. The molecule has 0 atom stereocenters. The van der Waals surface area contributed by atoms with Crippen LogP contribution in [0.4, 0.5) is 5.88 Å². The summed E-state index contributed by atoms with van der Waals surface area (Å²) in [6.07, 6.45) is 1.84. The zero-order valence-corrected chi connectivity index (χ0v) is 8.27. The maximum Gasteiger partial charge on any atom is 0.299 e. The summed E-state index contributed by atoms with van der Waals surface area (Å²) in [5, 5.41) is 9.04. The van der Waals surface area contributed by atoms with Gasteiger partial charge in [0, 0.05) is 6.54 Å². The van der Waals surface area contributed by atoms with Crippen molar-refractivity contribution < 1.29 is 14.1 Å². The summed E-state index contributed by atoms with van der Waals surface area (Å²) in [7, 11) is 0. The Balaban J connectivity index is 2.00. The summed E-state index contributed by atoms with van der Waals surface area (Å²) in [6.45, 7) is 6.04. The number of nitrogens with zero attached hydrogens (tertiary/aromatic N) is 3. The Hall–Kier alpha value is -1.30. The summed E-state index contributed by atoms with van der Waals surface area (Å²) in [4.78, 5) is 1.72. The minimum absolute atomic E-state index is 0.694. The summed E-state index contributed by atoms with van der Waals surface area (Å²) >= 11 is 0. The first kappa shape index (κ1) is 9.26. The highest BCUT2D eigenvalue weighted by molar-refractivity contribution is 5.22. The van der Waals surface area contributed by atoms with Crippen LogP contribution in [0.25, 0.3) is 0 Å². The fraction of sp³-hybridized carbons (Fsp3) is 0.750. The topological polar surface area (TPSA) is 54.4 Å². The summed E-state index contributed by atoms with van der Waals surface area (Å²) < 4.78 is 10.3. The van der Waals surface area contributed by atoms with Crippen LogP contribution >= 0.6 is 0 Å². The molecule has 1 aliphatic heterocycles.